The fourth-order valence-electron chi connectivity index (χ4n) is 5.00. The number of hydrogen-bond donors (Lipinski definition) is 4. The molecule has 0 aliphatic carbocycles. The molecule has 0 unspecified atom stereocenters. The van der Waals surface area contributed by atoms with E-state index in [1.807, 2.05) is 0 Å². The standard InChI is InChI=1S/C23H48N4O.C12H24O2/c1-2-3-4-5-6-7-8-9-10-11-12-13-14-15-16-19-22(28)26-20-17-18-21-27-23(24)25;1-2-3-4-5-6-7-8-9-10-11-12(13)14/h2-21H2,1H3,(H,26,28)(H4,24,25,27);2-11H2,1H3,(H,13,14). The predicted molar refractivity (Wildman–Crippen MR) is 182 cm³/mol. The van der Waals surface area contributed by atoms with E-state index in [4.69, 9.17) is 16.6 Å². The Labute approximate surface area is 260 Å². The lowest BCUT2D eigenvalue weighted by Gasteiger charge is -2.05. The van der Waals surface area contributed by atoms with Gasteiger partial charge >= 0.3 is 5.97 Å². The van der Waals surface area contributed by atoms with Gasteiger partial charge in [0.15, 0.2) is 5.96 Å². The van der Waals surface area contributed by atoms with Gasteiger partial charge in [0.1, 0.15) is 0 Å². The SMILES string of the molecule is CCCCCCCCCCCC(=O)O.CCCCCCCCCCCCCCCCCC(=O)NCCCCN=C(N)N. The number of carbonyl (C=O) groups excluding carboxylic acids is 1. The molecule has 42 heavy (non-hydrogen) atoms. The van der Waals surface area contributed by atoms with Gasteiger partial charge in [0.05, 0.1) is 0 Å². The highest BCUT2D eigenvalue weighted by Gasteiger charge is 2.01. The van der Waals surface area contributed by atoms with Crippen LogP contribution in [0.1, 0.15) is 194 Å². The summed E-state index contributed by atoms with van der Waals surface area (Å²) in [5, 5.41) is 11.4. The molecule has 0 aromatic carbocycles. The molecule has 0 rings (SSSR count). The first-order valence-electron chi connectivity index (χ1n) is 18.0. The van der Waals surface area contributed by atoms with Crippen LogP contribution in [-0.4, -0.2) is 36.0 Å². The quantitative estimate of drug-likeness (QED) is 0.0360. The Morgan fingerprint density at radius 1 is 0.524 bits per heavy atom. The number of rotatable bonds is 31. The van der Waals surface area contributed by atoms with Gasteiger partial charge in [-0.25, -0.2) is 0 Å². The van der Waals surface area contributed by atoms with Crippen LogP contribution in [0.4, 0.5) is 0 Å². The van der Waals surface area contributed by atoms with Crippen LogP contribution in [-0.2, 0) is 9.59 Å². The number of nitrogens with zero attached hydrogens (tertiary/aromatic N) is 1. The summed E-state index contributed by atoms with van der Waals surface area (Å²) in [6.45, 7) is 5.86. The molecule has 0 heterocycles. The Morgan fingerprint density at radius 2 is 0.881 bits per heavy atom. The number of hydrogen-bond acceptors (Lipinski definition) is 3. The van der Waals surface area contributed by atoms with Crippen LogP contribution >= 0.6 is 0 Å². The lowest BCUT2D eigenvalue weighted by atomic mass is 10.0. The van der Waals surface area contributed by atoms with Gasteiger partial charge in [-0.3, -0.25) is 14.6 Å². The number of nitrogens with one attached hydrogen (secondary N) is 1. The topological polar surface area (TPSA) is 131 Å². The molecule has 6 N–H and O–H groups in total. The number of aliphatic imine (C=N–C) groups is 1. The van der Waals surface area contributed by atoms with E-state index in [0.29, 0.717) is 19.4 Å². The molecular weight excluding hydrogens is 524 g/mol. The number of unbranched alkanes of at least 4 members (excludes halogenated alkanes) is 23. The summed E-state index contributed by atoms with van der Waals surface area (Å²) in [6, 6.07) is 0. The Morgan fingerprint density at radius 3 is 1.24 bits per heavy atom. The maximum absolute atomic E-state index is 11.7. The lowest BCUT2D eigenvalue weighted by molar-refractivity contribution is -0.137. The van der Waals surface area contributed by atoms with E-state index in [-0.39, 0.29) is 11.9 Å². The third-order valence-electron chi connectivity index (χ3n) is 7.70. The molecule has 7 heteroatoms. The van der Waals surface area contributed by atoms with Crippen molar-refractivity contribution in [2.45, 2.75) is 194 Å². The van der Waals surface area contributed by atoms with Gasteiger partial charge in [0.2, 0.25) is 5.91 Å². The van der Waals surface area contributed by atoms with Crippen LogP contribution in [0.25, 0.3) is 0 Å². The summed E-state index contributed by atoms with van der Waals surface area (Å²) >= 11 is 0. The van der Waals surface area contributed by atoms with Crippen molar-refractivity contribution in [2.75, 3.05) is 13.1 Å². The Bertz CT molecular complexity index is 595. The molecule has 0 atom stereocenters. The van der Waals surface area contributed by atoms with Crippen molar-refractivity contribution in [3.05, 3.63) is 0 Å². The Hall–Kier alpha value is -1.79. The van der Waals surface area contributed by atoms with Crippen molar-refractivity contribution in [2.24, 2.45) is 16.5 Å². The van der Waals surface area contributed by atoms with Crippen LogP contribution in [0.15, 0.2) is 4.99 Å². The highest BCUT2D eigenvalue weighted by molar-refractivity contribution is 5.76. The maximum Gasteiger partial charge on any atom is 0.303 e. The molecule has 0 aromatic rings. The molecule has 0 aliphatic rings. The summed E-state index contributed by atoms with van der Waals surface area (Å²) < 4.78 is 0. The van der Waals surface area contributed by atoms with E-state index in [9.17, 15) is 9.59 Å². The largest absolute Gasteiger partial charge is 0.481 e. The smallest absolute Gasteiger partial charge is 0.303 e. The van der Waals surface area contributed by atoms with E-state index in [2.05, 4.69) is 24.2 Å². The van der Waals surface area contributed by atoms with Gasteiger partial charge in [-0.2, -0.15) is 0 Å². The van der Waals surface area contributed by atoms with Crippen molar-refractivity contribution in [1.82, 2.24) is 5.32 Å². The van der Waals surface area contributed by atoms with Gasteiger partial charge < -0.3 is 21.9 Å². The zero-order chi connectivity index (χ0) is 31.4. The average Bonchev–Trinajstić information content (AvgIpc) is 2.96. The van der Waals surface area contributed by atoms with E-state index in [1.165, 1.54) is 135 Å². The minimum Gasteiger partial charge on any atom is -0.481 e. The first kappa shape index (κ1) is 42.3. The number of carboxylic acids is 1. The Balaban J connectivity index is 0. The molecule has 0 aromatic heterocycles. The number of carbonyl (C=O) groups is 2. The zero-order valence-corrected chi connectivity index (χ0v) is 28.1. The Kier molecular flexibility index (Phi) is 37.5. The van der Waals surface area contributed by atoms with Crippen LogP contribution in [0, 0.1) is 0 Å². The fourth-order valence-corrected chi connectivity index (χ4v) is 5.00. The lowest BCUT2D eigenvalue weighted by Crippen LogP contribution is -2.24. The summed E-state index contributed by atoms with van der Waals surface area (Å²) in [5.41, 5.74) is 10.5. The number of aliphatic carboxylic acids is 1. The summed E-state index contributed by atoms with van der Waals surface area (Å²) in [7, 11) is 0. The van der Waals surface area contributed by atoms with E-state index < -0.39 is 5.97 Å². The van der Waals surface area contributed by atoms with E-state index in [1.54, 1.807) is 0 Å². The molecule has 0 saturated heterocycles. The highest BCUT2D eigenvalue weighted by atomic mass is 16.4. The van der Waals surface area contributed by atoms with Crippen LogP contribution in [0.3, 0.4) is 0 Å². The third kappa shape index (κ3) is 42.7. The van der Waals surface area contributed by atoms with E-state index >= 15 is 0 Å². The van der Waals surface area contributed by atoms with Crippen LogP contribution in [0.5, 0.6) is 0 Å². The predicted octanol–water partition coefficient (Wildman–Crippen LogP) is 9.41. The number of nitrogens with two attached hydrogens (primary N) is 2. The average molecular weight is 597 g/mol. The molecule has 0 saturated carbocycles. The first-order chi connectivity index (χ1) is 20.4. The highest BCUT2D eigenvalue weighted by Crippen LogP contribution is 2.14. The molecule has 0 bridgehead atoms. The number of amides is 1. The van der Waals surface area contributed by atoms with Gasteiger partial charge in [0, 0.05) is 25.9 Å². The zero-order valence-electron chi connectivity index (χ0n) is 28.1. The summed E-state index contributed by atoms with van der Waals surface area (Å²) in [5.74, 6) is -0.346. The monoisotopic (exact) mass is 597 g/mol. The van der Waals surface area contributed by atoms with Crippen LogP contribution < -0.4 is 16.8 Å². The summed E-state index contributed by atoms with van der Waals surface area (Å²) in [4.78, 5) is 25.9. The molecule has 0 aliphatic heterocycles. The van der Waals surface area contributed by atoms with Gasteiger partial charge in [0.25, 0.3) is 0 Å². The van der Waals surface area contributed by atoms with Crippen LogP contribution in [0.2, 0.25) is 0 Å². The first-order valence-corrected chi connectivity index (χ1v) is 18.0. The normalized spacial score (nSPS) is 10.6. The molecule has 0 spiro atoms. The van der Waals surface area contributed by atoms with Crippen molar-refractivity contribution < 1.29 is 14.7 Å². The molecular formula is C35H72N4O3. The molecule has 0 fully saturated rings. The maximum atomic E-state index is 11.7. The summed E-state index contributed by atoms with van der Waals surface area (Å²) in [6.07, 6.45) is 34.2. The van der Waals surface area contributed by atoms with Gasteiger partial charge in [-0.05, 0) is 25.7 Å². The third-order valence-corrected chi connectivity index (χ3v) is 7.70. The second-order valence-corrected chi connectivity index (χ2v) is 12.0. The minimum absolute atomic E-state index is 0.136. The molecule has 7 nitrogen and oxygen atoms in total. The van der Waals surface area contributed by atoms with Crippen molar-refractivity contribution >= 4 is 17.8 Å². The van der Waals surface area contributed by atoms with Crippen molar-refractivity contribution in [3.63, 3.8) is 0 Å². The van der Waals surface area contributed by atoms with Gasteiger partial charge in [-0.15, -0.1) is 0 Å². The molecule has 1 amide bonds. The fraction of sp³-hybridized carbons (Fsp3) is 0.914. The number of carboxylic acid groups (broad SMARTS) is 1. The van der Waals surface area contributed by atoms with Crippen molar-refractivity contribution in [1.29, 1.82) is 0 Å². The van der Waals surface area contributed by atoms with Gasteiger partial charge in [-0.1, -0.05) is 155 Å². The molecule has 0 radical (unpaired) electrons. The van der Waals surface area contributed by atoms with Crippen molar-refractivity contribution in [3.8, 4) is 0 Å². The van der Waals surface area contributed by atoms with E-state index in [0.717, 1.165) is 38.6 Å². The minimum atomic E-state index is -0.659. The second kappa shape index (κ2) is 37.2. The second-order valence-electron chi connectivity index (χ2n) is 12.0. The number of guanidine groups is 1. The molecule has 250 valence electrons.